The molecule has 1 saturated carbocycles. The number of carboxylic acids is 1. The molecule has 0 saturated heterocycles. The number of aliphatic carboxylic acids is 1. The number of carboxylic acid groups (broad SMARTS) is 1. The molecule has 0 heterocycles. The third-order valence-electron chi connectivity index (χ3n) is 6.00. The Morgan fingerprint density at radius 1 is 1.12 bits per heavy atom. The zero-order chi connectivity index (χ0) is 23.9. The summed E-state index contributed by atoms with van der Waals surface area (Å²) in [4.78, 5) is 10.9. The van der Waals surface area contributed by atoms with Crippen molar-refractivity contribution in [3.8, 4) is 0 Å². The summed E-state index contributed by atoms with van der Waals surface area (Å²) < 4.78 is 54.5. The van der Waals surface area contributed by atoms with E-state index in [9.17, 15) is 22.0 Å². The molecule has 2 aliphatic rings. The standard InChI is InChI=1S/C22H23ClF2O4S.C2H6/c23-17-2-6-20(7-3-17)30(28,29)22(16-13-18(24)4-5-19(25)14-16)11-9-15(10-12-22)1-8-21(26)27;1-2/h2-7,13,15H,1,8-12,14H2,(H,26,27);1-2H3. The summed E-state index contributed by atoms with van der Waals surface area (Å²) in [6.45, 7) is 4.00. The lowest BCUT2D eigenvalue weighted by Gasteiger charge is -2.41. The summed E-state index contributed by atoms with van der Waals surface area (Å²) in [6.07, 6.45) is 4.60. The van der Waals surface area contributed by atoms with Gasteiger partial charge >= 0.3 is 5.97 Å². The van der Waals surface area contributed by atoms with Gasteiger partial charge in [-0.05, 0) is 86.1 Å². The molecule has 0 aliphatic heterocycles. The lowest BCUT2D eigenvalue weighted by Crippen LogP contribution is -2.44. The molecule has 1 N–H and O–H groups in total. The highest BCUT2D eigenvalue weighted by Gasteiger charge is 2.49. The molecule has 8 heteroatoms. The van der Waals surface area contributed by atoms with E-state index in [2.05, 4.69) is 0 Å². The SMILES string of the molecule is CC.O=C(O)CCC1CCC(C2=CC(F)=CC=C(F)C2)(S(=O)(=O)c2ccc(Cl)cc2)CC1. The van der Waals surface area contributed by atoms with E-state index < -0.39 is 32.2 Å². The Balaban J connectivity index is 0.00000176. The number of sulfone groups is 1. The molecule has 0 bridgehead atoms. The van der Waals surface area contributed by atoms with Gasteiger partial charge in [0, 0.05) is 17.9 Å². The number of allylic oxidation sites excluding steroid dienone is 5. The van der Waals surface area contributed by atoms with Crippen molar-refractivity contribution < 1.29 is 27.1 Å². The molecular weight excluding hydrogens is 458 g/mol. The minimum atomic E-state index is -3.99. The third-order valence-corrected chi connectivity index (χ3v) is 8.84. The van der Waals surface area contributed by atoms with Crippen LogP contribution in [0.1, 0.15) is 58.8 Å². The van der Waals surface area contributed by atoms with Crippen molar-refractivity contribution in [1.82, 2.24) is 0 Å². The van der Waals surface area contributed by atoms with Gasteiger partial charge < -0.3 is 5.11 Å². The van der Waals surface area contributed by atoms with Crippen molar-refractivity contribution >= 4 is 27.4 Å². The highest BCUT2D eigenvalue weighted by molar-refractivity contribution is 7.93. The second-order valence-corrected chi connectivity index (χ2v) is 10.5. The third kappa shape index (κ3) is 5.87. The van der Waals surface area contributed by atoms with Crippen LogP contribution in [-0.2, 0) is 14.6 Å². The zero-order valence-electron chi connectivity index (χ0n) is 18.3. The number of benzene rings is 1. The fourth-order valence-electron chi connectivity index (χ4n) is 4.33. The van der Waals surface area contributed by atoms with Gasteiger partial charge in [-0.2, -0.15) is 0 Å². The van der Waals surface area contributed by atoms with Crippen LogP contribution >= 0.6 is 11.6 Å². The zero-order valence-corrected chi connectivity index (χ0v) is 19.9. The highest BCUT2D eigenvalue weighted by atomic mass is 35.5. The van der Waals surface area contributed by atoms with Crippen molar-refractivity contribution in [2.45, 2.75) is 68.4 Å². The van der Waals surface area contributed by atoms with Gasteiger partial charge in [-0.3, -0.25) is 4.79 Å². The van der Waals surface area contributed by atoms with E-state index in [1.807, 2.05) is 13.8 Å². The molecule has 4 nitrogen and oxygen atoms in total. The van der Waals surface area contributed by atoms with Crippen LogP contribution in [-0.4, -0.2) is 24.2 Å². The Kier molecular flexibility index (Phi) is 9.22. The highest BCUT2D eigenvalue weighted by Crippen LogP contribution is 2.49. The molecule has 0 unspecified atom stereocenters. The number of carbonyl (C=O) groups is 1. The summed E-state index contributed by atoms with van der Waals surface area (Å²) in [6, 6.07) is 5.77. The number of hydrogen-bond acceptors (Lipinski definition) is 3. The first kappa shape index (κ1) is 26.3. The average molecular weight is 487 g/mol. The lowest BCUT2D eigenvalue weighted by atomic mass is 9.75. The quantitative estimate of drug-likeness (QED) is 0.471. The average Bonchev–Trinajstić information content (AvgIpc) is 2.95. The van der Waals surface area contributed by atoms with Crippen molar-refractivity contribution in [2.75, 3.05) is 0 Å². The number of hydrogen-bond donors (Lipinski definition) is 1. The molecule has 1 fully saturated rings. The Morgan fingerprint density at radius 2 is 1.72 bits per heavy atom. The Hall–Kier alpha value is -1.99. The molecule has 2 aliphatic carbocycles. The van der Waals surface area contributed by atoms with Crippen molar-refractivity contribution in [3.63, 3.8) is 0 Å². The van der Waals surface area contributed by atoms with Crippen LogP contribution in [0, 0.1) is 5.92 Å². The molecule has 0 atom stereocenters. The van der Waals surface area contributed by atoms with Crippen LogP contribution in [0.4, 0.5) is 8.78 Å². The monoisotopic (exact) mass is 486 g/mol. The van der Waals surface area contributed by atoms with Crippen molar-refractivity contribution in [1.29, 1.82) is 0 Å². The summed E-state index contributed by atoms with van der Waals surface area (Å²) in [5, 5.41) is 9.32. The molecule has 176 valence electrons. The maximum absolute atomic E-state index is 14.3. The molecule has 1 aromatic carbocycles. The fourth-order valence-corrected chi connectivity index (χ4v) is 6.65. The van der Waals surface area contributed by atoms with Gasteiger partial charge in [0.05, 0.1) is 9.64 Å². The van der Waals surface area contributed by atoms with E-state index in [-0.39, 0.29) is 42.1 Å². The van der Waals surface area contributed by atoms with Gasteiger partial charge in [-0.25, -0.2) is 17.2 Å². The van der Waals surface area contributed by atoms with Gasteiger partial charge in [0.15, 0.2) is 9.84 Å². The minimum Gasteiger partial charge on any atom is -0.481 e. The van der Waals surface area contributed by atoms with Crippen LogP contribution in [0.3, 0.4) is 0 Å². The first-order valence-corrected chi connectivity index (χ1v) is 12.6. The summed E-state index contributed by atoms with van der Waals surface area (Å²) in [7, 11) is -3.99. The van der Waals surface area contributed by atoms with Gasteiger partial charge in [-0.15, -0.1) is 0 Å². The summed E-state index contributed by atoms with van der Waals surface area (Å²) in [5.41, 5.74) is 0.189. The van der Waals surface area contributed by atoms with E-state index in [0.717, 1.165) is 18.2 Å². The molecule has 32 heavy (non-hydrogen) atoms. The maximum atomic E-state index is 14.3. The molecule has 3 rings (SSSR count). The smallest absolute Gasteiger partial charge is 0.303 e. The van der Waals surface area contributed by atoms with Crippen molar-refractivity contribution in [3.05, 3.63) is 64.7 Å². The van der Waals surface area contributed by atoms with Crippen LogP contribution in [0.25, 0.3) is 0 Å². The van der Waals surface area contributed by atoms with E-state index >= 15 is 0 Å². The van der Waals surface area contributed by atoms with Crippen LogP contribution < -0.4 is 0 Å². The van der Waals surface area contributed by atoms with Crippen LogP contribution in [0.5, 0.6) is 0 Å². The van der Waals surface area contributed by atoms with E-state index in [1.165, 1.54) is 24.3 Å². The fraction of sp³-hybridized carbons (Fsp3) is 0.458. The second-order valence-electron chi connectivity index (χ2n) is 7.84. The van der Waals surface area contributed by atoms with Crippen LogP contribution in [0.15, 0.2) is 64.6 Å². The summed E-state index contributed by atoms with van der Waals surface area (Å²) in [5.74, 6) is -2.14. The molecule has 0 aromatic heterocycles. The topological polar surface area (TPSA) is 71.4 Å². The first-order chi connectivity index (χ1) is 15.1. The van der Waals surface area contributed by atoms with E-state index in [0.29, 0.717) is 24.3 Å². The van der Waals surface area contributed by atoms with Crippen molar-refractivity contribution in [2.24, 2.45) is 5.92 Å². The second kappa shape index (κ2) is 11.2. The van der Waals surface area contributed by atoms with Gasteiger partial charge in [-0.1, -0.05) is 25.4 Å². The Morgan fingerprint density at radius 3 is 2.28 bits per heavy atom. The largest absolute Gasteiger partial charge is 0.481 e. The molecule has 1 aromatic rings. The lowest BCUT2D eigenvalue weighted by molar-refractivity contribution is -0.137. The number of rotatable bonds is 6. The molecular formula is C24H29ClF2O4S. The maximum Gasteiger partial charge on any atom is 0.303 e. The normalized spacial score (nSPS) is 23.7. The van der Waals surface area contributed by atoms with Crippen LogP contribution in [0.2, 0.25) is 5.02 Å². The molecule has 0 amide bonds. The van der Waals surface area contributed by atoms with Gasteiger partial charge in [0.1, 0.15) is 11.7 Å². The predicted octanol–water partition coefficient (Wildman–Crippen LogP) is 6.97. The van der Waals surface area contributed by atoms with Gasteiger partial charge in [0.25, 0.3) is 0 Å². The minimum absolute atomic E-state index is 0.0129. The molecule has 0 spiro atoms. The Labute approximate surface area is 193 Å². The van der Waals surface area contributed by atoms with Gasteiger partial charge in [0.2, 0.25) is 0 Å². The Bertz CT molecular complexity index is 1000. The van der Waals surface area contributed by atoms with E-state index in [4.69, 9.17) is 16.7 Å². The summed E-state index contributed by atoms with van der Waals surface area (Å²) >= 11 is 5.90. The van der Waals surface area contributed by atoms with E-state index in [1.54, 1.807) is 0 Å². The number of halogens is 3. The predicted molar refractivity (Wildman–Crippen MR) is 123 cm³/mol. The molecule has 0 radical (unpaired) electrons. The first-order valence-electron chi connectivity index (χ1n) is 10.8.